The van der Waals surface area contributed by atoms with Crippen LogP contribution in [0.2, 0.25) is 0 Å². The summed E-state index contributed by atoms with van der Waals surface area (Å²) in [5.41, 5.74) is 0. The maximum absolute atomic E-state index is 10.1. The number of aliphatic hydroxyl groups excluding tert-OH is 2. The van der Waals surface area contributed by atoms with Crippen molar-refractivity contribution < 1.29 is 23.0 Å². The van der Waals surface area contributed by atoms with E-state index in [-0.39, 0.29) is 53.6 Å². The number of carboxylic acid groups (broad SMARTS) is 1. The van der Waals surface area contributed by atoms with E-state index in [0.717, 1.165) is 6.42 Å². The quantitative estimate of drug-likeness (QED) is 0.414. The fourth-order valence-corrected chi connectivity index (χ4v) is 0.750. The van der Waals surface area contributed by atoms with Gasteiger partial charge in [-0.3, -0.25) is 0 Å². The monoisotopic (exact) mass is 204 g/mol. The van der Waals surface area contributed by atoms with Crippen LogP contribution in [-0.4, -0.2) is 71.7 Å². The Labute approximate surface area is 105 Å². The van der Waals surface area contributed by atoms with Crippen LogP contribution in [0.15, 0.2) is 0 Å². The number of unbranched alkanes of at least 4 members (excludes halogenated alkanes) is 2. The third-order valence-corrected chi connectivity index (χ3v) is 1.42. The first-order valence-corrected chi connectivity index (χ1v) is 3.70. The van der Waals surface area contributed by atoms with E-state index in [2.05, 4.69) is 0 Å². The van der Waals surface area contributed by atoms with E-state index in [1.807, 2.05) is 0 Å². The van der Waals surface area contributed by atoms with Gasteiger partial charge >= 0.3 is 43.7 Å². The van der Waals surface area contributed by atoms with Gasteiger partial charge in [-0.2, -0.15) is 0 Å². The summed E-state index contributed by atoms with van der Waals surface area (Å²) < 4.78 is 0. The Kier molecular flexibility index (Phi) is 12.3. The molecule has 0 bridgehead atoms. The summed E-state index contributed by atoms with van der Waals surface area (Å²) in [6.07, 6.45) is 1.12. The molecule has 70 valence electrons. The van der Waals surface area contributed by atoms with Crippen molar-refractivity contribution in [1.29, 1.82) is 0 Å². The van der Waals surface area contributed by atoms with Crippen molar-refractivity contribution in [3.8, 4) is 0 Å². The molecule has 5 heteroatoms. The second-order valence-corrected chi connectivity index (χ2v) is 2.43. The topological polar surface area (TPSA) is 77.8 Å². The van der Waals surface area contributed by atoms with Crippen LogP contribution in [0.25, 0.3) is 0 Å². The number of hydrogen-bond donors (Lipinski definition) is 3. The molecule has 12 heavy (non-hydrogen) atoms. The zero-order valence-electron chi connectivity index (χ0n) is 9.07. The molecule has 0 saturated heterocycles. The molecule has 0 spiro atoms. The Bertz CT molecular complexity index is 126. The van der Waals surface area contributed by atoms with Gasteiger partial charge in [-0.05, 0) is 12.8 Å². The second kappa shape index (κ2) is 9.74. The average molecular weight is 204 g/mol. The maximum Gasteiger partial charge on any atom is 2.00 e. The molecule has 0 aromatic carbocycles. The predicted octanol–water partition coefficient (Wildman–Crippen LogP) is -0.171. The minimum absolute atomic E-state index is 0. The fourth-order valence-electron chi connectivity index (χ4n) is 0.750. The summed E-state index contributed by atoms with van der Waals surface area (Å²) in [4.78, 5) is 10.1. The second-order valence-electron chi connectivity index (χ2n) is 2.43. The van der Waals surface area contributed by atoms with Gasteiger partial charge in [-0.25, -0.2) is 4.79 Å². The molecule has 0 aliphatic carbocycles. The largest absolute Gasteiger partial charge is 2.00 e. The summed E-state index contributed by atoms with van der Waals surface area (Å²) in [7, 11) is 0. The summed E-state index contributed by atoms with van der Waals surface area (Å²) in [5.74, 6) is -1.17. The van der Waals surface area contributed by atoms with Crippen LogP contribution < -0.4 is 0 Å². The van der Waals surface area contributed by atoms with E-state index >= 15 is 0 Å². The van der Waals surface area contributed by atoms with Crippen molar-refractivity contribution in [2.75, 3.05) is 6.61 Å². The molecule has 0 rings (SSSR count). The molecule has 0 radical (unpaired) electrons. The van der Waals surface area contributed by atoms with Crippen LogP contribution in [0.1, 0.15) is 28.5 Å². The van der Waals surface area contributed by atoms with E-state index < -0.39 is 12.1 Å². The molecular formula is C7H16CaO4. The summed E-state index contributed by atoms with van der Waals surface area (Å²) in [6, 6.07) is 0. The van der Waals surface area contributed by atoms with Crippen LogP contribution in [0, 0.1) is 0 Å². The normalized spacial score (nSPS) is 11.8. The smallest absolute Gasteiger partial charge is 1.00 e. The number of aliphatic carboxylic acids is 1. The molecular weight excluding hydrogens is 188 g/mol. The molecule has 3 N–H and O–H groups in total. The van der Waals surface area contributed by atoms with Crippen LogP contribution in [0.5, 0.6) is 0 Å². The van der Waals surface area contributed by atoms with Crippen molar-refractivity contribution >= 4 is 43.7 Å². The molecule has 0 aromatic heterocycles. The Balaban J connectivity index is -0.000000167. The minimum atomic E-state index is -1.24. The van der Waals surface area contributed by atoms with Gasteiger partial charge in [-0.1, -0.05) is 12.8 Å². The predicted molar refractivity (Wildman–Crippen MR) is 47.2 cm³/mol. The van der Waals surface area contributed by atoms with E-state index in [4.69, 9.17) is 15.3 Å². The zero-order valence-corrected chi connectivity index (χ0v) is 9.28. The molecule has 0 saturated carbocycles. The van der Waals surface area contributed by atoms with Gasteiger partial charge in [-0.15, -0.1) is 0 Å². The standard InChI is InChI=1S/C7H14O4.Ca.2H/c8-5-3-1-2-4-6(9)7(10)11;;;/h6,8-9H,1-5H2,(H,10,11);;;/q;+2;2*-1. The van der Waals surface area contributed by atoms with Gasteiger partial charge in [0, 0.05) is 6.61 Å². The van der Waals surface area contributed by atoms with Crippen LogP contribution in [-0.2, 0) is 4.79 Å². The average Bonchev–Trinajstić information content (AvgIpc) is 1.97. The fraction of sp³-hybridized carbons (Fsp3) is 0.857. The van der Waals surface area contributed by atoms with Crippen LogP contribution in [0.3, 0.4) is 0 Å². The van der Waals surface area contributed by atoms with E-state index in [1.165, 1.54) is 0 Å². The Morgan fingerprint density at radius 3 is 2.33 bits per heavy atom. The first-order valence-electron chi connectivity index (χ1n) is 3.70. The van der Waals surface area contributed by atoms with Gasteiger partial charge < -0.3 is 18.2 Å². The molecule has 0 aliphatic heterocycles. The van der Waals surface area contributed by atoms with E-state index in [0.29, 0.717) is 12.8 Å². The molecule has 0 aliphatic rings. The number of aliphatic hydroxyl groups is 2. The Morgan fingerprint density at radius 2 is 1.92 bits per heavy atom. The van der Waals surface area contributed by atoms with Gasteiger partial charge in [0.25, 0.3) is 0 Å². The minimum Gasteiger partial charge on any atom is -1.00 e. The molecule has 0 aromatic rings. The van der Waals surface area contributed by atoms with E-state index in [1.54, 1.807) is 0 Å². The third-order valence-electron chi connectivity index (χ3n) is 1.42. The molecule has 0 heterocycles. The van der Waals surface area contributed by atoms with Crippen molar-refractivity contribution in [1.82, 2.24) is 0 Å². The summed E-state index contributed by atoms with van der Waals surface area (Å²) in [6.45, 7) is 0.128. The van der Waals surface area contributed by atoms with Gasteiger partial charge in [0.1, 0.15) is 0 Å². The molecule has 0 amide bonds. The molecule has 0 fully saturated rings. The maximum atomic E-state index is 10.1. The molecule has 1 unspecified atom stereocenters. The Morgan fingerprint density at radius 1 is 1.33 bits per heavy atom. The Hall–Kier alpha value is 0.650. The van der Waals surface area contributed by atoms with Crippen LogP contribution >= 0.6 is 0 Å². The SMILES string of the molecule is O=C(O)C(O)CCCCCO.[Ca+2].[H-].[H-]. The van der Waals surface area contributed by atoms with E-state index in [9.17, 15) is 4.79 Å². The number of carboxylic acids is 1. The summed E-state index contributed by atoms with van der Waals surface area (Å²) >= 11 is 0. The van der Waals surface area contributed by atoms with Crippen LogP contribution in [0.4, 0.5) is 0 Å². The van der Waals surface area contributed by atoms with Gasteiger partial charge in [0.2, 0.25) is 0 Å². The van der Waals surface area contributed by atoms with Crippen molar-refractivity contribution in [3.05, 3.63) is 0 Å². The van der Waals surface area contributed by atoms with Crippen molar-refractivity contribution in [3.63, 3.8) is 0 Å². The zero-order chi connectivity index (χ0) is 8.69. The molecule has 4 nitrogen and oxygen atoms in total. The van der Waals surface area contributed by atoms with Crippen molar-refractivity contribution in [2.45, 2.75) is 31.8 Å². The summed E-state index contributed by atoms with van der Waals surface area (Å²) in [5, 5.41) is 25.4. The van der Waals surface area contributed by atoms with Crippen molar-refractivity contribution in [2.24, 2.45) is 0 Å². The first kappa shape index (κ1) is 15.1. The first-order chi connectivity index (χ1) is 5.18. The number of carbonyl (C=O) groups is 1. The molecule has 1 atom stereocenters. The number of hydrogen-bond acceptors (Lipinski definition) is 3. The number of rotatable bonds is 6. The van der Waals surface area contributed by atoms with Gasteiger partial charge in [0.05, 0.1) is 0 Å². The van der Waals surface area contributed by atoms with Gasteiger partial charge in [0.15, 0.2) is 6.10 Å². The third kappa shape index (κ3) is 8.74.